The molecule has 0 saturated carbocycles. The summed E-state index contributed by atoms with van der Waals surface area (Å²) in [6, 6.07) is 10.5. The van der Waals surface area contributed by atoms with Crippen molar-refractivity contribution in [3.05, 3.63) is 42.0 Å². The van der Waals surface area contributed by atoms with E-state index in [9.17, 15) is 14.4 Å². The van der Waals surface area contributed by atoms with E-state index in [2.05, 4.69) is 10.6 Å². The number of benzene rings is 2. The number of carbonyl (C=O) groups is 3. The SMILES string of the molecule is Cc1ccc2c(c1)N(CC(=O)Nc1ccc3c(c1)OC(C)(C)C(=O)N3)C(=O)CO2. The number of nitrogens with one attached hydrogen (secondary N) is 2. The van der Waals surface area contributed by atoms with Crippen molar-refractivity contribution in [3.63, 3.8) is 0 Å². The van der Waals surface area contributed by atoms with Crippen molar-refractivity contribution in [2.45, 2.75) is 26.4 Å². The van der Waals surface area contributed by atoms with E-state index in [1.165, 1.54) is 4.90 Å². The molecule has 2 N–H and O–H groups in total. The zero-order chi connectivity index (χ0) is 20.8. The van der Waals surface area contributed by atoms with Gasteiger partial charge < -0.3 is 20.1 Å². The lowest BCUT2D eigenvalue weighted by Crippen LogP contribution is -2.45. The van der Waals surface area contributed by atoms with Gasteiger partial charge in [0.15, 0.2) is 12.2 Å². The van der Waals surface area contributed by atoms with E-state index in [1.807, 2.05) is 19.1 Å². The third-order valence-electron chi connectivity index (χ3n) is 4.78. The first-order valence-electron chi connectivity index (χ1n) is 9.21. The molecule has 2 aromatic rings. The second-order valence-corrected chi connectivity index (χ2v) is 7.57. The van der Waals surface area contributed by atoms with Crippen LogP contribution < -0.4 is 25.0 Å². The van der Waals surface area contributed by atoms with Crippen LogP contribution in [0.3, 0.4) is 0 Å². The maximum atomic E-state index is 12.6. The summed E-state index contributed by atoms with van der Waals surface area (Å²) in [5.74, 6) is 0.170. The van der Waals surface area contributed by atoms with Gasteiger partial charge in [0.05, 0.1) is 11.4 Å². The number of anilines is 3. The maximum absolute atomic E-state index is 12.6. The van der Waals surface area contributed by atoms with Crippen molar-refractivity contribution in [1.82, 2.24) is 0 Å². The molecule has 8 heteroatoms. The summed E-state index contributed by atoms with van der Waals surface area (Å²) < 4.78 is 11.2. The van der Waals surface area contributed by atoms with Gasteiger partial charge in [-0.15, -0.1) is 0 Å². The van der Waals surface area contributed by atoms with Crippen LogP contribution in [0.15, 0.2) is 36.4 Å². The second kappa shape index (κ2) is 6.80. The minimum absolute atomic E-state index is 0.106. The summed E-state index contributed by atoms with van der Waals surface area (Å²) >= 11 is 0. The number of carbonyl (C=O) groups excluding carboxylic acids is 3. The molecule has 8 nitrogen and oxygen atoms in total. The molecule has 0 bridgehead atoms. The average molecular weight is 395 g/mol. The minimum Gasteiger partial charge on any atom is -0.482 e. The molecule has 2 aliphatic rings. The number of hydrogen-bond donors (Lipinski definition) is 2. The van der Waals surface area contributed by atoms with Gasteiger partial charge in [-0.2, -0.15) is 0 Å². The largest absolute Gasteiger partial charge is 0.482 e. The van der Waals surface area contributed by atoms with Gasteiger partial charge in [-0.3, -0.25) is 19.3 Å². The summed E-state index contributed by atoms with van der Waals surface area (Å²) in [6.07, 6.45) is 0. The number of nitrogens with zero attached hydrogens (tertiary/aromatic N) is 1. The molecule has 0 radical (unpaired) electrons. The molecule has 0 aliphatic carbocycles. The Labute approximate surface area is 167 Å². The Kier molecular flexibility index (Phi) is 4.41. The van der Waals surface area contributed by atoms with E-state index in [0.717, 1.165) is 5.56 Å². The predicted octanol–water partition coefficient (Wildman–Crippen LogP) is 2.47. The zero-order valence-corrected chi connectivity index (χ0v) is 16.4. The average Bonchev–Trinajstić information content (AvgIpc) is 2.65. The van der Waals surface area contributed by atoms with Crippen molar-refractivity contribution in [1.29, 1.82) is 0 Å². The molecule has 2 aromatic carbocycles. The first kappa shape index (κ1) is 18.8. The monoisotopic (exact) mass is 395 g/mol. The molecule has 0 fully saturated rings. The molecular weight excluding hydrogens is 374 g/mol. The lowest BCUT2D eigenvalue weighted by Gasteiger charge is -2.32. The summed E-state index contributed by atoms with van der Waals surface area (Å²) in [5.41, 5.74) is 1.58. The fourth-order valence-corrected chi connectivity index (χ4v) is 3.21. The van der Waals surface area contributed by atoms with E-state index >= 15 is 0 Å². The van der Waals surface area contributed by atoms with Gasteiger partial charge in [-0.05, 0) is 50.6 Å². The number of rotatable bonds is 3. The van der Waals surface area contributed by atoms with E-state index in [4.69, 9.17) is 9.47 Å². The van der Waals surface area contributed by atoms with Crippen LogP contribution in [0.1, 0.15) is 19.4 Å². The van der Waals surface area contributed by atoms with Crippen LogP contribution in [-0.2, 0) is 14.4 Å². The highest BCUT2D eigenvalue weighted by atomic mass is 16.5. The topological polar surface area (TPSA) is 97.0 Å². The van der Waals surface area contributed by atoms with E-state index < -0.39 is 5.60 Å². The Balaban J connectivity index is 1.51. The fraction of sp³-hybridized carbons (Fsp3) is 0.286. The van der Waals surface area contributed by atoms with Crippen LogP contribution in [0.25, 0.3) is 0 Å². The predicted molar refractivity (Wildman–Crippen MR) is 107 cm³/mol. The molecule has 0 saturated heterocycles. The molecular formula is C21H21N3O5. The first-order valence-corrected chi connectivity index (χ1v) is 9.21. The van der Waals surface area contributed by atoms with Crippen LogP contribution >= 0.6 is 0 Å². The summed E-state index contributed by atoms with van der Waals surface area (Å²) in [6.45, 7) is 4.99. The number of aryl methyl sites for hydroxylation is 1. The lowest BCUT2D eigenvalue weighted by molar-refractivity contribution is -0.129. The normalized spacial score (nSPS) is 16.7. The number of ether oxygens (including phenoxy) is 2. The number of amides is 3. The quantitative estimate of drug-likeness (QED) is 0.832. The van der Waals surface area contributed by atoms with E-state index in [0.29, 0.717) is 28.6 Å². The molecule has 0 unspecified atom stereocenters. The van der Waals surface area contributed by atoms with Crippen molar-refractivity contribution >= 4 is 34.8 Å². The van der Waals surface area contributed by atoms with Gasteiger partial charge in [0.1, 0.15) is 18.0 Å². The highest BCUT2D eigenvalue weighted by molar-refractivity contribution is 6.05. The highest BCUT2D eigenvalue weighted by Crippen LogP contribution is 2.36. The molecule has 29 heavy (non-hydrogen) atoms. The van der Waals surface area contributed by atoms with Crippen LogP contribution in [0.4, 0.5) is 17.1 Å². The minimum atomic E-state index is -1.00. The van der Waals surface area contributed by atoms with Crippen molar-refractivity contribution < 1.29 is 23.9 Å². The maximum Gasteiger partial charge on any atom is 0.268 e. The van der Waals surface area contributed by atoms with Gasteiger partial charge >= 0.3 is 0 Å². The van der Waals surface area contributed by atoms with E-state index in [-0.39, 0.29) is 30.9 Å². The van der Waals surface area contributed by atoms with Crippen molar-refractivity contribution in [2.24, 2.45) is 0 Å². The standard InChI is InChI=1S/C21H21N3O5/c1-12-4-7-16-15(8-12)24(19(26)11-28-16)10-18(25)22-13-5-6-14-17(9-13)29-21(2,3)20(27)23-14/h4-9H,10-11H2,1-3H3,(H,22,25)(H,23,27). The molecule has 0 aromatic heterocycles. The molecule has 150 valence electrons. The molecule has 0 spiro atoms. The third kappa shape index (κ3) is 3.61. The summed E-state index contributed by atoms with van der Waals surface area (Å²) in [5, 5.41) is 5.55. The van der Waals surface area contributed by atoms with Gasteiger partial charge in [-0.1, -0.05) is 6.07 Å². The molecule has 2 aliphatic heterocycles. The second-order valence-electron chi connectivity index (χ2n) is 7.57. The Bertz CT molecular complexity index is 1030. The van der Waals surface area contributed by atoms with Crippen LogP contribution in [0, 0.1) is 6.92 Å². The smallest absolute Gasteiger partial charge is 0.268 e. The highest BCUT2D eigenvalue weighted by Gasteiger charge is 2.35. The van der Waals surface area contributed by atoms with E-state index in [1.54, 1.807) is 38.1 Å². The Morgan fingerprint density at radius 1 is 1.17 bits per heavy atom. The molecule has 2 heterocycles. The van der Waals surface area contributed by atoms with Crippen LogP contribution in [-0.4, -0.2) is 36.5 Å². The zero-order valence-electron chi connectivity index (χ0n) is 16.4. The van der Waals surface area contributed by atoms with Gasteiger partial charge in [0.2, 0.25) is 5.91 Å². The van der Waals surface area contributed by atoms with Crippen LogP contribution in [0.5, 0.6) is 11.5 Å². The summed E-state index contributed by atoms with van der Waals surface area (Å²) in [4.78, 5) is 38.3. The van der Waals surface area contributed by atoms with Crippen molar-refractivity contribution in [3.8, 4) is 11.5 Å². The van der Waals surface area contributed by atoms with Crippen LogP contribution in [0.2, 0.25) is 0 Å². The Morgan fingerprint density at radius 3 is 2.76 bits per heavy atom. The molecule has 3 amide bonds. The number of hydrogen-bond acceptors (Lipinski definition) is 5. The van der Waals surface area contributed by atoms with Gasteiger partial charge in [-0.25, -0.2) is 0 Å². The molecule has 0 atom stereocenters. The lowest BCUT2D eigenvalue weighted by atomic mass is 10.1. The number of fused-ring (bicyclic) bond motifs is 2. The first-order chi connectivity index (χ1) is 13.7. The van der Waals surface area contributed by atoms with Crippen molar-refractivity contribution in [2.75, 3.05) is 28.7 Å². The third-order valence-corrected chi connectivity index (χ3v) is 4.78. The Morgan fingerprint density at radius 2 is 1.97 bits per heavy atom. The molecule has 4 rings (SSSR count). The van der Waals surface area contributed by atoms with Gasteiger partial charge in [0, 0.05) is 11.8 Å². The summed E-state index contributed by atoms with van der Waals surface area (Å²) in [7, 11) is 0. The Hall–Kier alpha value is -3.55. The van der Waals surface area contributed by atoms with Gasteiger partial charge in [0.25, 0.3) is 11.8 Å². The fourth-order valence-electron chi connectivity index (χ4n) is 3.21.